The molecule has 102 valence electrons. The summed E-state index contributed by atoms with van der Waals surface area (Å²) in [6, 6.07) is 8.62. The lowest BCUT2D eigenvalue weighted by Crippen LogP contribution is -2.20. The van der Waals surface area contributed by atoms with Crippen LogP contribution in [0.5, 0.6) is 5.75 Å². The molecule has 0 saturated heterocycles. The van der Waals surface area contributed by atoms with Crippen molar-refractivity contribution in [3.63, 3.8) is 0 Å². The molecule has 6 heteroatoms. The third kappa shape index (κ3) is 4.33. The van der Waals surface area contributed by atoms with Gasteiger partial charge in [0.15, 0.2) is 0 Å². The molecule has 1 N–H and O–H groups in total. The van der Waals surface area contributed by atoms with Gasteiger partial charge in [0.05, 0.1) is 6.54 Å². The number of alkyl halides is 2. The van der Waals surface area contributed by atoms with Gasteiger partial charge >= 0.3 is 6.61 Å². The predicted molar refractivity (Wildman–Crippen MR) is 67.0 cm³/mol. The molecule has 0 saturated carbocycles. The van der Waals surface area contributed by atoms with Crippen LogP contribution >= 0.6 is 0 Å². The molecule has 0 aliphatic heterocycles. The molecule has 0 spiro atoms. The average molecular weight is 267 g/mol. The molecule has 0 amide bonds. The Morgan fingerprint density at radius 3 is 2.84 bits per heavy atom. The molecule has 4 nitrogen and oxygen atoms in total. The number of rotatable bonds is 7. The van der Waals surface area contributed by atoms with Gasteiger partial charge in [0, 0.05) is 31.0 Å². The standard InChI is InChI=1S/C13H15F2N3O/c14-13(15)19-12-5-2-1-4-11(12)10-16-7-9-18-8-3-6-17-18/h1-6,8,13,16H,7,9-10H2. The lowest BCUT2D eigenvalue weighted by atomic mass is 10.2. The highest BCUT2D eigenvalue weighted by molar-refractivity contribution is 5.33. The third-order valence-corrected chi connectivity index (χ3v) is 2.58. The number of hydrogen-bond acceptors (Lipinski definition) is 3. The Bertz CT molecular complexity index is 488. The van der Waals surface area contributed by atoms with Gasteiger partial charge in [-0.3, -0.25) is 4.68 Å². The van der Waals surface area contributed by atoms with Crippen molar-refractivity contribution >= 4 is 0 Å². The number of hydrogen-bond donors (Lipinski definition) is 1. The zero-order valence-electron chi connectivity index (χ0n) is 10.3. The van der Waals surface area contributed by atoms with Crippen LogP contribution < -0.4 is 10.1 Å². The highest BCUT2D eigenvalue weighted by Crippen LogP contribution is 2.19. The van der Waals surface area contributed by atoms with E-state index in [-0.39, 0.29) is 5.75 Å². The maximum Gasteiger partial charge on any atom is 0.387 e. The maximum atomic E-state index is 12.2. The Balaban J connectivity index is 1.82. The van der Waals surface area contributed by atoms with Crippen LogP contribution in [-0.2, 0) is 13.1 Å². The fourth-order valence-corrected chi connectivity index (χ4v) is 1.71. The summed E-state index contributed by atoms with van der Waals surface area (Å²) in [5.74, 6) is 0.212. The quantitative estimate of drug-likeness (QED) is 0.782. The van der Waals surface area contributed by atoms with Gasteiger partial charge in [0.2, 0.25) is 0 Å². The fraction of sp³-hybridized carbons (Fsp3) is 0.308. The first-order valence-electron chi connectivity index (χ1n) is 5.96. The Morgan fingerprint density at radius 1 is 1.26 bits per heavy atom. The third-order valence-electron chi connectivity index (χ3n) is 2.58. The van der Waals surface area contributed by atoms with E-state index in [2.05, 4.69) is 15.2 Å². The zero-order valence-corrected chi connectivity index (χ0v) is 10.3. The highest BCUT2D eigenvalue weighted by atomic mass is 19.3. The highest BCUT2D eigenvalue weighted by Gasteiger charge is 2.08. The molecule has 1 heterocycles. The van der Waals surface area contributed by atoms with Crippen molar-refractivity contribution in [2.45, 2.75) is 19.7 Å². The summed E-state index contributed by atoms with van der Waals surface area (Å²) in [6.07, 6.45) is 3.58. The number of aromatic nitrogens is 2. The fourth-order valence-electron chi connectivity index (χ4n) is 1.71. The lowest BCUT2D eigenvalue weighted by molar-refractivity contribution is -0.0504. The van der Waals surface area contributed by atoms with E-state index in [0.29, 0.717) is 18.7 Å². The first-order chi connectivity index (χ1) is 9.25. The summed E-state index contributed by atoms with van der Waals surface area (Å²) in [4.78, 5) is 0. The van der Waals surface area contributed by atoms with Crippen molar-refractivity contribution in [1.29, 1.82) is 0 Å². The minimum Gasteiger partial charge on any atom is -0.434 e. The zero-order chi connectivity index (χ0) is 13.5. The number of ether oxygens (including phenoxy) is 1. The smallest absolute Gasteiger partial charge is 0.387 e. The van der Waals surface area contributed by atoms with Gasteiger partial charge in [0.25, 0.3) is 0 Å². The van der Waals surface area contributed by atoms with Crippen molar-refractivity contribution < 1.29 is 13.5 Å². The van der Waals surface area contributed by atoms with Gasteiger partial charge in [-0.15, -0.1) is 0 Å². The number of benzene rings is 1. The normalized spacial score (nSPS) is 10.9. The largest absolute Gasteiger partial charge is 0.434 e. The molecule has 1 aromatic heterocycles. The molecule has 0 fully saturated rings. The molecule has 0 bridgehead atoms. The average Bonchev–Trinajstić information content (AvgIpc) is 2.89. The van der Waals surface area contributed by atoms with Crippen molar-refractivity contribution in [3.05, 3.63) is 48.3 Å². The first kappa shape index (κ1) is 13.5. The van der Waals surface area contributed by atoms with Gasteiger partial charge in [0.1, 0.15) is 5.75 Å². The van der Waals surface area contributed by atoms with Crippen LogP contribution in [0.2, 0.25) is 0 Å². The number of nitrogens with one attached hydrogen (secondary N) is 1. The van der Waals surface area contributed by atoms with Crippen molar-refractivity contribution in [3.8, 4) is 5.75 Å². The van der Waals surface area contributed by atoms with Crippen molar-refractivity contribution in [2.24, 2.45) is 0 Å². The topological polar surface area (TPSA) is 39.1 Å². The summed E-state index contributed by atoms with van der Waals surface area (Å²) in [6.45, 7) is -0.898. The van der Waals surface area contributed by atoms with E-state index in [0.717, 1.165) is 6.54 Å². The molecular weight excluding hydrogens is 252 g/mol. The number of para-hydroxylation sites is 1. The minimum absolute atomic E-state index is 0.212. The Hall–Kier alpha value is -1.95. The first-order valence-corrected chi connectivity index (χ1v) is 5.96. The van der Waals surface area contributed by atoms with Gasteiger partial charge in [-0.25, -0.2) is 0 Å². The Morgan fingerprint density at radius 2 is 2.11 bits per heavy atom. The predicted octanol–water partition coefficient (Wildman–Crippen LogP) is 2.27. The van der Waals surface area contributed by atoms with E-state index < -0.39 is 6.61 Å². The van der Waals surface area contributed by atoms with E-state index >= 15 is 0 Å². The number of nitrogens with zero attached hydrogens (tertiary/aromatic N) is 2. The van der Waals surface area contributed by atoms with E-state index in [1.807, 2.05) is 12.3 Å². The van der Waals surface area contributed by atoms with Gasteiger partial charge in [-0.2, -0.15) is 13.9 Å². The second-order valence-electron chi connectivity index (χ2n) is 3.93. The van der Waals surface area contributed by atoms with E-state index in [4.69, 9.17) is 0 Å². The van der Waals surface area contributed by atoms with Crippen molar-refractivity contribution in [1.82, 2.24) is 15.1 Å². The van der Waals surface area contributed by atoms with Crippen LogP contribution in [0.25, 0.3) is 0 Å². The molecule has 0 unspecified atom stereocenters. The van der Waals surface area contributed by atoms with Crippen molar-refractivity contribution in [2.75, 3.05) is 6.54 Å². The van der Waals surface area contributed by atoms with Crippen LogP contribution in [0.15, 0.2) is 42.7 Å². The Kier molecular flexibility index (Phi) is 4.85. The van der Waals surface area contributed by atoms with E-state index in [1.165, 1.54) is 6.07 Å². The van der Waals surface area contributed by atoms with Gasteiger partial charge in [-0.1, -0.05) is 18.2 Å². The minimum atomic E-state index is -2.80. The second kappa shape index (κ2) is 6.84. The molecule has 0 atom stereocenters. The van der Waals surface area contributed by atoms with Crippen LogP contribution in [-0.4, -0.2) is 22.9 Å². The summed E-state index contributed by atoms with van der Waals surface area (Å²) >= 11 is 0. The molecule has 1 aromatic carbocycles. The van der Waals surface area contributed by atoms with Gasteiger partial charge < -0.3 is 10.1 Å². The molecule has 0 aliphatic carbocycles. The van der Waals surface area contributed by atoms with Crippen LogP contribution in [0.4, 0.5) is 8.78 Å². The summed E-state index contributed by atoms with van der Waals surface area (Å²) in [5, 5.41) is 7.24. The lowest BCUT2D eigenvalue weighted by Gasteiger charge is -2.11. The van der Waals surface area contributed by atoms with E-state index in [1.54, 1.807) is 29.1 Å². The van der Waals surface area contributed by atoms with Gasteiger partial charge in [-0.05, 0) is 12.1 Å². The summed E-state index contributed by atoms with van der Waals surface area (Å²) in [7, 11) is 0. The molecule has 0 radical (unpaired) electrons. The summed E-state index contributed by atoms with van der Waals surface area (Å²) < 4.78 is 30.7. The molecule has 2 aromatic rings. The molecule has 19 heavy (non-hydrogen) atoms. The van der Waals surface area contributed by atoms with Crippen LogP contribution in [0, 0.1) is 0 Å². The van der Waals surface area contributed by atoms with E-state index in [9.17, 15) is 8.78 Å². The summed E-state index contributed by atoms with van der Waals surface area (Å²) in [5.41, 5.74) is 0.711. The molecule has 0 aliphatic rings. The molecule has 2 rings (SSSR count). The molecular formula is C13H15F2N3O. The Labute approximate surface area is 110 Å². The SMILES string of the molecule is FC(F)Oc1ccccc1CNCCn1cccn1. The second-order valence-corrected chi connectivity index (χ2v) is 3.93. The number of halogens is 2. The monoisotopic (exact) mass is 267 g/mol. The van der Waals surface area contributed by atoms with Crippen LogP contribution in [0.3, 0.4) is 0 Å². The van der Waals surface area contributed by atoms with Crippen LogP contribution in [0.1, 0.15) is 5.56 Å². The maximum absolute atomic E-state index is 12.2.